The highest BCUT2D eigenvalue weighted by molar-refractivity contribution is 5.99. The summed E-state index contributed by atoms with van der Waals surface area (Å²) < 4.78 is 90.7. The fraction of sp³-hybridized carbons (Fsp3) is 0.296. The minimum absolute atomic E-state index is 0.0187. The second kappa shape index (κ2) is 12.4. The molecule has 2 heterocycles. The van der Waals surface area contributed by atoms with E-state index in [-0.39, 0.29) is 22.7 Å². The molecule has 218 valence electrons. The van der Waals surface area contributed by atoms with Gasteiger partial charge in [-0.15, -0.1) is 0 Å². The van der Waals surface area contributed by atoms with Crippen LogP contribution in [0.4, 0.5) is 32.0 Å². The fourth-order valence-electron chi connectivity index (χ4n) is 4.67. The Labute approximate surface area is 229 Å². The van der Waals surface area contributed by atoms with Gasteiger partial charge >= 0.3 is 6.61 Å². The van der Waals surface area contributed by atoms with E-state index in [0.29, 0.717) is 4.57 Å². The van der Waals surface area contributed by atoms with Gasteiger partial charge in [0.2, 0.25) is 5.91 Å². The number of nitrogens with one attached hydrogen (secondary N) is 1. The van der Waals surface area contributed by atoms with E-state index in [4.69, 9.17) is 4.74 Å². The first kappa shape index (κ1) is 29.5. The molecule has 1 aromatic heterocycles. The summed E-state index contributed by atoms with van der Waals surface area (Å²) in [5.41, 5.74) is -1.66. The quantitative estimate of drug-likeness (QED) is 0.362. The Morgan fingerprint density at radius 2 is 1.68 bits per heavy atom. The Balaban J connectivity index is 1.65. The van der Waals surface area contributed by atoms with Crippen molar-refractivity contribution in [1.82, 2.24) is 9.88 Å². The number of aromatic nitrogens is 1. The number of benzene rings is 2. The Hall–Kier alpha value is -4.49. The molecule has 0 bridgehead atoms. The first-order valence-corrected chi connectivity index (χ1v) is 12.1. The van der Waals surface area contributed by atoms with Gasteiger partial charge in [0.1, 0.15) is 28.8 Å². The summed E-state index contributed by atoms with van der Waals surface area (Å²) in [6, 6.07) is 9.01. The van der Waals surface area contributed by atoms with E-state index in [1.54, 1.807) is 0 Å². The molecule has 0 saturated carbocycles. The van der Waals surface area contributed by atoms with E-state index in [0.717, 1.165) is 35.4 Å². The van der Waals surface area contributed by atoms with E-state index in [1.807, 2.05) is 0 Å². The van der Waals surface area contributed by atoms with Gasteiger partial charge in [0, 0.05) is 48.5 Å². The first-order chi connectivity index (χ1) is 19.5. The van der Waals surface area contributed by atoms with Crippen LogP contribution < -0.4 is 25.2 Å². The summed E-state index contributed by atoms with van der Waals surface area (Å²) in [5.74, 6) is -6.37. The molecule has 1 fully saturated rings. The van der Waals surface area contributed by atoms with E-state index in [2.05, 4.69) is 10.1 Å². The SMILES string of the molecule is COc1cc(F)c([C@@H]2CN(c3cccn(CC(F)F)c3=O)C(=O)C2CNC(=O)c2ccc(OC(F)F)cc2)c(F)c1. The number of halogens is 6. The zero-order valence-corrected chi connectivity index (χ0v) is 21.3. The number of carbonyl (C=O) groups excluding carboxylic acids is 2. The Kier molecular flexibility index (Phi) is 8.89. The maximum Gasteiger partial charge on any atom is 0.387 e. The van der Waals surface area contributed by atoms with E-state index < -0.39 is 79.1 Å². The lowest BCUT2D eigenvalue weighted by Gasteiger charge is -2.19. The summed E-state index contributed by atoms with van der Waals surface area (Å²) in [4.78, 5) is 40.1. The molecule has 0 radical (unpaired) electrons. The predicted molar refractivity (Wildman–Crippen MR) is 134 cm³/mol. The average Bonchev–Trinajstić information content (AvgIpc) is 3.23. The molecule has 41 heavy (non-hydrogen) atoms. The van der Waals surface area contributed by atoms with Crippen molar-refractivity contribution in [2.45, 2.75) is 25.5 Å². The van der Waals surface area contributed by atoms with Crippen molar-refractivity contribution in [3.05, 3.63) is 87.8 Å². The Morgan fingerprint density at radius 1 is 1.02 bits per heavy atom. The van der Waals surface area contributed by atoms with Crippen molar-refractivity contribution in [2.24, 2.45) is 5.92 Å². The molecule has 1 unspecified atom stereocenters. The number of rotatable bonds is 10. The van der Waals surface area contributed by atoms with Crippen molar-refractivity contribution in [3.8, 4) is 11.5 Å². The van der Waals surface area contributed by atoms with Crippen LogP contribution in [0.5, 0.6) is 11.5 Å². The van der Waals surface area contributed by atoms with Gasteiger partial charge in [-0.1, -0.05) is 0 Å². The monoisotopic (exact) mass is 583 g/mol. The lowest BCUT2D eigenvalue weighted by atomic mass is 9.87. The number of pyridine rings is 1. The summed E-state index contributed by atoms with van der Waals surface area (Å²) in [6.07, 6.45) is -1.74. The maximum atomic E-state index is 15.1. The van der Waals surface area contributed by atoms with Crippen LogP contribution in [0.3, 0.4) is 0 Å². The third kappa shape index (κ3) is 6.47. The standard InChI is InChI=1S/C27H23F6N3O5/c1-40-16-9-19(28)23(20(29)10-16)18-12-36(21-3-2-8-35(26(21)39)13-22(30)31)25(38)17(18)11-34-24(37)14-4-6-15(7-5-14)41-27(32)33/h2-10,17-18,22,27H,11-13H2,1H3,(H,34,37)/t17?,18-/m1/s1. The van der Waals surface area contributed by atoms with Crippen molar-refractivity contribution in [1.29, 1.82) is 0 Å². The molecular formula is C27H23F6N3O5. The molecule has 0 spiro atoms. The van der Waals surface area contributed by atoms with Crippen LogP contribution in [0.25, 0.3) is 0 Å². The Bertz CT molecular complexity index is 1460. The summed E-state index contributed by atoms with van der Waals surface area (Å²) >= 11 is 0. The summed E-state index contributed by atoms with van der Waals surface area (Å²) in [7, 11) is 1.21. The van der Waals surface area contributed by atoms with Gasteiger partial charge in [0.15, 0.2) is 0 Å². The summed E-state index contributed by atoms with van der Waals surface area (Å²) in [6.45, 7) is -4.82. The number of ether oxygens (including phenoxy) is 2. The van der Waals surface area contributed by atoms with Crippen molar-refractivity contribution < 1.29 is 45.4 Å². The molecule has 8 nitrogen and oxygen atoms in total. The highest BCUT2D eigenvalue weighted by atomic mass is 19.3. The number of methoxy groups -OCH3 is 1. The lowest BCUT2D eigenvalue weighted by molar-refractivity contribution is -0.120. The van der Waals surface area contributed by atoms with Crippen molar-refractivity contribution in [2.75, 3.05) is 25.1 Å². The third-order valence-electron chi connectivity index (χ3n) is 6.56. The van der Waals surface area contributed by atoms with Gasteiger partial charge in [-0.05, 0) is 36.4 Å². The van der Waals surface area contributed by atoms with Gasteiger partial charge < -0.3 is 24.3 Å². The van der Waals surface area contributed by atoms with E-state index >= 15 is 8.78 Å². The van der Waals surface area contributed by atoms with Crippen molar-refractivity contribution >= 4 is 17.5 Å². The molecular weight excluding hydrogens is 560 g/mol. The second-order valence-corrected chi connectivity index (χ2v) is 9.02. The maximum absolute atomic E-state index is 15.1. The van der Waals surface area contributed by atoms with Crippen molar-refractivity contribution in [3.63, 3.8) is 0 Å². The van der Waals surface area contributed by atoms with Gasteiger partial charge in [-0.3, -0.25) is 14.4 Å². The fourth-order valence-corrected chi connectivity index (χ4v) is 4.67. The molecule has 1 aliphatic rings. The highest BCUT2D eigenvalue weighted by Gasteiger charge is 2.45. The minimum atomic E-state index is -3.06. The molecule has 1 N–H and O–H groups in total. The molecule has 1 aliphatic heterocycles. The van der Waals surface area contributed by atoms with E-state index in [1.165, 1.54) is 31.4 Å². The topological polar surface area (TPSA) is 89.9 Å². The van der Waals surface area contributed by atoms with Crippen LogP contribution >= 0.6 is 0 Å². The number of nitrogens with zero attached hydrogens (tertiary/aromatic N) is 2. The molecule has 14 heteroatoms. The van der Waals surface area contributed by atoms with E-state index in [9.17, 15) is 31.9 Å². The zero-order valence-electron chi connectivity index (χ0n) is 21.3. The van der Waals surface area contributed by atoms with Gasteiger partial charge in [-0.2, -0.15) is 8.78 Å². The zero-order chi connectivity index (χ0) is 29.8. The molecule has 0 aliphatic carbocycles. The molecule has 2 amide bonds. The smallest absolute Gasteiger partial charge is 0.387 e. The van der Waals surface area contributed by atoms with Gasteiger partial charge in [-0.25, -0.2) is 17.6 Å². The van der Waals surface area contributed by atoms with Crippen LogP contribution in [0.1, 0.15) is 21.8 Å². The molecule has 1 saturated heterocycles. The van der Waals surface area contributed by atoms with Crippen LogP contribution in [-0.2, 0) is 11.3 Å². The van der Waals surface area contributed by atoms with Crippen LogP contribution in [0.15, 0.2) is 59.5 Å². The van der Waals surface area contributed by atoms with Crippen LogP contribution in [0, 0.1) is 17.6 Å². The predicted octanol–water partition coefficient (Wildman–Crippen LogP) is 4.18. The molecule has 4 rings (SSSR count). The molecule has 2 atom stereocenters. The Morgan fingerprint density at radius 3 is 2.27 bits per heavy atom. The summed E-state index contributed by atoms with van der Waals surface area (Å²) in [5, 5.41) is 2.49. The van der Waals surface area contributed by atoms with Crippen LogP contribution in [0.2, 0.25) is 0 Å². The highest BCUT2D eigenvalue weighted by Crippen LogP contribution is 2.39. The molecule has 3 aromatic rings. The van der Waals surface area contributed by atoms with Gasteiger partial charge in [0.05, 0.1) is 19.6 Å². The largest absolute Gasteiger partial charge is 0.497 e. The number of hydrogen-bond donors (Lipinski definition) is 1. The first-order valence-electron chi connectivity index (χ1n) is 12.1. The lowest BCUT2D eigenvalue weighted by Crippen LogP contribution is -2.38. The second-order valence-electron chi connectivity index (χ2n) is 9.02. The van der Waals surface area contributed by atoms with Gasteiger partial charge in [0.25, 0.3) is 17.9 Å². The number of amides is 2. The number of anilines is 1. The minimum Gasteiger partial charge on any atom is -0.497 e. The number of alkyl halides is 4. The molecule has 2 aromatic carbocycles. The average molecular weight is 583 g/mol. The third-order valence-corrected chi connectivity index (χ3v) is 6.56. The number of carbonyl (C=O) groups is 2. The van der Waals surface area contributed by atoms with Crippen LogP contribution in [-0.4, -0.2) is 49.6 Å². The normalized spacial score (nSPS) is 16.9. The number of hydrogen-bond acceptors (Lipinski definition) is 5.